The Kier molecular flexibility index (Phi) is 6.38. The lowest BCUT2D eigenvalue weighted by atomic mass is 9.78. The molecule has 2 saturated heterocycles. The Bertz CT molecular complexity index is 452. The molecule has 2 fully saturated rings. The van der Waals surface area contributed by atoms with Crippen molar-refractivity contribution in [1.82, 2.24) is 5.32 Å². The minimum Gasteiger partial charge on any atom is -0.481 e. The molecule has 0 radical (unpaired) electrons. The molecule has 2 unspecified atom stereocenters. The number of carbonyl (C=O) groups is 3. The van der Waals surface area contributed by atoms with Crippen LogP contribution in [0.4, 0.5) is 0 Å². The molecule has 4 atom stereocenters. The summed E-state index contributed by atoms with van der Waals surface area (Å²) >= 11 is 0. The Morgan fingerprint density at radius 3 is 2.17 bits per heavy atom. The Morgan fingerprint density at radius 1 is 0.913 bits per heavy atom. The topological polar surface area (TPSA) is 113 Å². The first-order valence-corrected chi connectivity index (χ1v) is 8.38. The second kappa shape index (κ2) is 8.29. The number of carbonyl (C=O) groups excluding carboxylic acids is 1. The third-order valence-electron chi connectivity index (χ3n) is 4.73. The highest BCUT2D eigenvalue weighted by Crippen LogP contribution is 2.43. The maximum atomic E-state index is 12.2. The standard InChI is InChI=1S/C16H25NO6/c18-12(19)6-4-2-1-3-5-9-17-15(20)13-10-7-8-11(23-10)14(13)16(21)22/h10-11,13-14H,1-9H2,(H,17,20)(H,18,19)(H,21,22)/t10-,11+,13?,14?/m1/s1. The van der Waals surface area contributed by atoms with Gasteiger partial charge in [0.2, 0.25) is 5.91 Å². The maximum absolute atomic E-state index is 12.2. The Labute approximate surface area is 135 Å². The van der Waals surface area contributed by atoms with E-state index >= 15 is 0 Å². The number of fused-ring (bicyclic) bond motifs is 2. The molecular formula is C16H25NO6. The molecule has 7 nitrogen and oxygen atoms in total. The molecular weight excluding hydrogens is 302 g/mol. The number of carboxylic acids is 2. The molecule has 2 heterocycles. The number of rotatable bonds is 10. The van der Waals surface area contributed by atoms with Crippen molar-refractivity contribution in [3.05, 3.63) is 0 Å². The number of ether oxygens (including phenoxy) is 1. The smallest absolute Gasteiger partial charge is 0.310 e. The third kappa shape index (κ3) is 4.67. The van der Waals surface area contributed by atoms with Crippen LogP contribution >= 0.6 is 0 Å². The van der Waals surface area contributed by atoms with E-state index in [1.807, 2.05) is 0 Å². The van der Waals surface area contributed by atoms with Gasteiger partial charge in [0.1, 0.15) is 0 Å². The lowest BCUT2D eigenvalue weighted by Crippen LogP contribution is -2.44. The van der Waals surface area contributed by atoms with Crippen LogP contribution in [0.25, 0.3) is 0 Å². The molecule has 3 N–H and O–H groups in total. The molecule has 2 aliphatic heterocycles. The number of hydrogen-bond donors (Lipinski definition) is 3. The van der Waals surface area contributed by atoms with Gasteiger partial charge in [0.25, 0.3) is 0 Å². The Hall–Kier alpha value is -1.63. The van der Waals surface area contributed by atoms with Gasteiger partial charge in [-0.15, -0.1) is 0 Å². The van der Waals surface area contributed by atoms with Gasteiger partial charge in [0.15, 0.2) is 0 Å². The quantitative estimate of drug-likeness (QED) is 0.523. The van der Waals surface area contributed by atoms with Crippen LogP contribution < -0.4 is 5.32 Å². The largest absolute Gasteiger partial charge is 0.481 e. The Morgan fingerprint density at radius 2 is 1.52 bits per heavy atom. The van der Waals surface area contributed by atoms with Crippen LogP contribution in [0.5, 0.6) is 0 Å². The predicted octanol–water partition coefficient (Wildman–Crippen LogP) is 1.41. The number of nitrogens with one attached hydrogen (secondary N) is 1. The summed E-state index contributed by atoms with van der Waals surface area (Å²) in [5, 5.41) is 20.6. The van der Waals surface area contributed by atoms with Gasteiger partial charge in [-0.3, -0.25) is 14.4 Å². The monoisotopic (exact) mass is 327 g/mol. The van der Waals surface area contributed by atoms with Crippen molar-refractivity contribution in [2.24, 2.45) is 11.8 Å². The van der Waals surface area contributed by atoms with Crippen molar-refractivity contribution in [3.8, 4) is 0 Å². The fourth-order valence-electron chi connectivity index (χ4n) is 3.59. The zero-order valence-electron chi connectivity index (χ0n) is 13.2. The van der Waals surface area contributed by atoms with Gasteiger partial charge in [-0.05, 0) is 25.7 Å². The third-order valence-corrected chi connectivity index (χ3v) is 4.73. The minimum atomic E-state index is -0.948. The van der Waals surface area contributed by atoms with E-state index in [-0.39, 0.29) is 24.5 Å². The summed E-state index contributed by atoms with van der Waals surface area (Å²) < 4.78 is 5.58. The van der Waals surface area contributed by atoms with Crippen LogP contribution in [0.3, 0.4) is 0 Å². The molecule has 2 rings (SSSR count). The average Bonchev–Trinajstić information content (AvgIpc) is 3.10. The SMILES string of the molecule is O=C(O)CCCCCCCNC(=O)C1C(C(=O)O)[C@@H]2CC[C@H]1O2. The van der Waals surface area contributed by atoms with Gasteiger partial charge >= 0.3 is 11.9 Å². The highest BCUT2D eigenvalue weighted by atomic mass is 16.5. The predicted molar refractivity (Wildman–Crippen MR) is 80.9 cm³/mol. The van der Waals surface area contributed by atoms with Gasteiger partial charge < -0.3 is 20.3 Å². The lowest BCUT2D eigenvalue weighted by Gasteiger charge is -2.23. The average molecular weight is 327 g/mol. The second-order valence-corrected chi connectivity index (χ2v) is 6.38. The van der Waals surface area contributed by atoms with E-state index < -0.39 is 23.8 Å². The van der Waals surface area contributed by atoms with Crippen LogP contribution in [0.2, 0.25) is 0 Å². The number of hydrogen-bond acceptors (Lipinski definition) is 4. The lowest BCUT2D eigenvalue weighted by molar-refractivity contribution is -0.147. The fourth-order valence-corrected chi connectivity index (χ4v) is 3.59. The van der Waals surface area contributed by atoms with E-state index in [0.29, 0.717) is 13.0 Å². The molecule has 130 valence electrons. The number of aliphatic carboxylic acids is 2. The summed E-state index contributed by atoms with van der Waals surface area (Å²) in [6, 6.07) is 0. The normalized spacial score (nSPS) is 28.7. The first kappa shape index (κ1) is 17.7. The van der Waals surface area contributed by atoms with Gasteiger partial charge in [0.05, 0.1) is 24.0 Å². The number of unbranched alkanes of at least 4 members (excludes halogenated alkanes) is 4. The summed E-state index contributed by atoms with van der Waals surface area (Å²) in [6.07, 6.45) is 5.37. The summed E-state index contributed by atoms with van der Waals surface area (Å²) in [7, 11) is 0. The second-order valence-electron chi connectivity index (χ2n) is 6.38. The molecule has 1 amide bonds. The number of carboxylic acid groups (broad SMARTS) is 2. The molecule has 0 aromatic carbocycles. The van der Waals surface area contributed by atoms with Gasteiger partial charge in [0, 0.05) is 13.0 Å². The fraction of sp³-hybridized carbons (Fsp3) is 0.812. The molecule has 0 saturated carbocycles. The molecule has 2 aliphatic rings. The summed E-state index contributed by atoms with van der Waals surface area (Å²) in [4.78, 5) is 33.9. The van der Waals surface area contributed by atoms with Gasteiger partial charge in [-0.25, -0.2) is 0 Å². The van der Waals surface area contributed by atoms with E-state index in [1.54, 1.807) is 0 Å². The molecule has 0 aliphatic carbocycles. The van der Waals surface area contributed by atoms with E-state index in [1.165, 1.54) is 0 Å². The van der Waals surface area contributed by atoms with Crippen LogP contribution in [-0.2, 0) is 19.1 Å². The van der Waals surface area contributed by atoms with Crippen LogP contribution in [0.1, 0.15) is 51.4 Å². The molecule has 7 heteroatoms. The maximum Gasteiger partial charge on any atom is 0.310 e. The molecule has 23 heavy (non-hydrogen) atoms. The Balaban J connectivity index is 1.61. The van der Waals surface area contributed by atoms with E-state index in [9.17, 15) is 19.5 Å². The van der Waals surface area contributed by atoms with Crippen molar-refractivity contribution in [3.63, 3.8) is 0 Å². The van der Waals surface area contributed by atoms with Gasteiger partial charge in [-0.1, -0.05) is 19.3 Å². The van der Waals surface area contributed by atoms with Crippen molar-refractivity contribution >= 4 is 17.8 Å². The van der Waals surface area contributed by atoms with Crippen molar-refractivity contribution in [1.29, 1.82) is 0 Å². The van der Waals surface area contributed by atoms with Crippen molar-refractivity contribution in [2.45, 2.75) is 63.6 Å². The van der Waals surface area contributed by atoms with Crippen molar-refractivity contribution in [2.75, 3.05) is 6.54 Å². The molecule has 0 aromatic rings. The summed E-state index contributed by atoms with van der Waals surface area (Å²) in [6.45, 7) is 0.526. The summed E-state index contributed by atoms with van der Waals surface area (Å²) in [5.74, 6) is -3.21. The zero-order valence-corrected chi connectivity index (χ0v) is 13.2. The van der Waals surface area contributed by atoms with E-state index in [4.69, 9.17) is 9.84 Å². The van der Waals surface area contributed by atoms with Gasteiger partial charge in [-0.2, -0.15) is 0 Å². The zero-order chi connectivity index (χ0) is 16.8. The van der Waals surface area contributed by atoms with E-state index in [2.05, 4.69) is 5.32 Å². The highest BCUT2D eigenvalue weighted by Gasteiger charge is 2.55. The van der Waals surface area contributed by atoms with Crippen LogP contribution in [0, 0.1) is 11.8 Å². The molecule has 2 bridgehead atoms. The van der Waals surface area contributed by atoms with Crippen LogP contribution in [0.15, 0.2) is 0 Å². The minimum absolute atomic E-state index is 0.206. The first-order valence-electron chi connectivity index (χ1n) is 8.38. The molecule has 0 aromatic heterocycles. The van der Waals surface area contributed by atoms with E-state index in [0.717, 1.165) is 38.5 Å². The van der Waals surface area contributed by atoms with Crippen molar-refractivity contribution < 1.29 is 29.3 Å². The summed E-state index contributed by atoms with van der Waals surface area (Å²) in [5.41, 5.74) is 0. The van der Waals surface area contributed by atoms with Crippen LogP contribution in [-0.4, -0.2) is 46.8 Å². The highest BCUT2D eigenvalue weighted by molar-refractivity contribution is 5.86. The molecule has 0 spiro atoms. The number of amides is 1. The first-order chi connectivity index (χ1) is 11.0.